The van der Waals surface area contributed by atoms with Gasteiger partial charge in [0.2, 0.25) is 5.95 Å². The maximum Gasteiger partial charge on any atom is 0.225 e. The largest absolute Gasteiger partial charge is 0.459 e. The molecule has 2 aromatic heterocycles. The van der Waals surface area contributed by atoms with Gasteiger partial charge in [0.25, 0.3) is 0 Å². The molecule has 1 saturated heterocycles. The highest BCUT2D eigenvalue weighted by molar-refractivity contribution is 5.82. The van der Waals surface area contributed by atoms with Crippen molar-refractivity contribution >= 4 is 22.9 Å². The summed E-state index contributed by atoms with van der Waals surface area (Å²) >= 11 is 0. The third-order valence-corrected chi connectivity index (χ3v) is 5.51. The van der Waals surface area contributed by atoms with E-state index in [-0.39, 0.29) is 0 Å². The molecule has 0 bridgehead atoms. The molecule has 0 radical (unpaired) electrons. The maximum absolute atomic E-state index is 5.97. The minimum Gasteiger partial charge on any atom is -0.459 e. The van der Waals surface area contributed by atoms with Gasteiger partial charge in [-0.05, 0) is 19.1 Å². The van der Waals surface area contributed by atoms with Crippen molar-refractivity contribution in [3.8, 4) is 0 Å². The smallest absolute Gasteiger partial charge is 0.225 e. The molecule has 0 aliphatic carbocycles. The first-order valence-electron chi connectivity index (χ1n) is 10.4. The number of para-hydroxylation sites is 1. The Hall–Kier alpha value is -3.13. The number of hydrogen-bond acceptors (Lipinski definition) is 6. The molecule has 8 nitrogen and oxygen atoms in total. The molecular weight excluding hydrogens is 378 g/mol. The summed E-state index contributed by atoms with van der Waals surface area (Å²) in [5.41, 5.74) is 2.10. The van der Waals surface area contributed by atoms with Crippen molar-refractivity contribution < 1.29 is 4.42 Å². The van der Waals surface area contributed by atoms with E-state index in [2.05, 4.69) is 48.4 Å². The fourth-order valence-electron chi connectivity index (χ4n) is 3.74. The third kappa shape index (κ3) is 4.71. The average molecular weight is 408 g/mol. The minimum atomic E-state index is 0.607. The number of aryl methyl sites for hydroxylation is 1. The lowest BCUT2D eigenvalue weighted by atomic mass is 10.1. The summed E-state index contributed by atoms with van der Waals surface area (Å²) in [6.45, 7) is 8.41. The standard InChI is InChI=1S/C22H29N7O/c1-17-18-6-3-4-7-19(18)30-20(17)16-27-21(23-2)24-10-11-28-12-14-29(15-13-28)22-25-8-5-9-26-22/h3-9H,10-16H2,1-2H3,(H2,23,24,27). The molecule has 3 aromatic rings. The molecule has 4 rings (SSSR count). The quantitative estimate of drug-likeness (QED) is 0.478. The highest BCUT2D eigenvalue weighted by Crippen LogP contribution is 2.24. The molecule has 0 saturated carbocycles. The number of furan rings is 1. The molecule has 30 heavy (non-hydrogen) atoms. The molecule has 1 aliphatic heterocycles. The van der Waals surface area contributed by atoms with Crippen molar-refractivity contribution in [2.75, 3.05) is 51.2 Å². The van der Waals surface area contributed by atoms with Crippen LogP contribution in [0.3, 0.4) is 0 Å². The molecule has 1 aromatic carbocycles. The number of nitrogens with one attached hydrogen (secondary N) is 2. The van der Waals surface area contributed by atoms with Gasteiger partial charge in [-0.25, -0.2) is 9.97 Å². The average Bonchev–Trinajstić information content (AvgIpc) is 3.13. The van der Waals surface area contributed by atoms with Gasteiger partial charge in [0.1, 0.15) is 11.3 Å². The number of nitrogens with zero attached hydrogens (tertiary/aromatic N) is 5. The number of anilines is 1. The second-order valence-electron chi connectivity index (χ2n) is 7.38. The van der Waals surface area contributed by atoms with Gasteiger partial charge in [-0.2, -0.15) is 0 Å². The van der Waals surface area contributed by atoms with Gasteiger partial charge in [0.05, 0.1) is 6.54 Å². The summed E-state index contributed by atoms with van der Waals surface area (Å²) in [5.74, 6) is 2.55. The monoisotopic (exact) mass is 407 g/mol. The zero-order valence-corrected chi connectivity index (χ0v) is 17.6. The van der Waals surface area contributed by atoms with Gasteiger partial charge in [-0.1, -0.05) is 18.2 Å². The van der Waals surface area contributed by atoms with Crippen molar-refractivity contribution in [2.24, 2.45) is 4.99 Å². The van der Waals surface area contributed by atoms with Crippen LogP contribution in [0, 0.1) is 6.92 Å². The molecule has 0 unspecified atom stereocenters. The van der Waals surface area contributed by atoms with E-state index >= 15 is 0 Å². The number of hydrogen-bond donors (Lipinski definition) is 2. The van der Waals surface area contributed by atoms with E-state index in [4.69, 9.17) is 4.42 Å². The highest BCUT2D eigenvalue weighted by Gasteiger charge is 2.18. The van der Waals surface area contributed by atoms with Gasteiger partial charge in [-0.15, -0.1) is 0 Å². The van der Waals surface area contributed by atoms with E-state index in [0.29, 0.717) is 6.54 Å². The Morgan fingerprint density at radius 2 is 1.83 bits per heavy atom. The van der Waals surface area contributed by atoms with E-state index in [9.17, 15) is 0 Å². The number of piperazine rings is 1. The summed E-state index contributed by atoms with van der Waals surface area (Å²) < 4.78 is 5.97. The summed E-state index contributed by atoms with van der Waals surface area (Å²) in [6, 6.07) is 9.98. The second-order valence-corrected chi connectivity index (χ2v) is 7.38. The summed E-state index contributed by atoms with van der Waals surface area (Å²) in [5, 5.41) is 7.92. The molecular formula is C22H29N7O. The van der Waals surface area contributed by atoms with Gasteiger partial charge in [0.15, 0.2) is 5.96 Å². The second kappa shape index (κ2) is 9.58. The van der Waals surface area contributed by atoms with Crippen LogP contribution in [0.15, 0.2) is 52.1 Å². The zero-order valence-electron chi connectivity index (χ0n) is 17.6. The van der Waals surface area contributed by atoms with Crippen LogP contribution in [0.4, 0.5) is 5.95 Å². The van der Waals surface area contributed by atoms with Crippen LogP contribution in [0.25, 0.3) is 11.0 Å². The topological polar surface area (TPSA) is 81.8 Å². The van der Waals surface area contributed by atoms with Crippen LogP contribution < -0.4 is 15.5 Å². The lowest BCUT2D eigenvalue weighted by molar-refractivity contribution is 0.260. The number of guanidine groups is 1. The number of aliphatic imine (C=N–C) groups is 1. The van der Waals surface area contributed by atoms with E-state index < -0.39 is 0 Å². The lowest BCUT2D eigenvalue weighted by Gasteiger charge is -2.34. The molecule has 1 fully saturated rings. The van der Waals surface area contributed by atoms with E-state index in [1.54, 1.807) is 19.4 Å². The predicted molar refractivity (Wildman–Crippen MR) is 120 cm³/mol. The van der Waals surface area contributed by atoms with Crippen molar-refractivity contribution in [1.82, 2.24) is 25.5 Å². The molecule has 1 aliphatic rings. The van der Waals surface area contributed by atoms with Crippen LogP contribution in [0.1, 0.15) is 11.3 Å². The number of aromatic nitrogens is 2. The summed E-state index contributed by atoms with van der Waals surface area (Å²) in [4.78, 5) is 17.7. The van der Waals surface area contributed by atoms with E-state index in [1.807, 2.05) is 24.3 Å². The first-order valence-corrected chi connectivity index (χ1v) is 10.4. The molecule has 158 valence electrons. The first-order chi connectivity index (χ1) is 14.7. The first kappa shape index (κ1) is 20.2. The van der Waals surface area contributed by atoms with Gasteiger partial charge in [0, 0.05) is 69.7 Å². The predicted octanol–water partition coefficient (Wildman–Crippen LogP) is 2.02. The lowest BCUT2D eigenvalue weighted by Crippen LogP contribution is -2.49. The van der Waals surface area contributed by atoms with Crippen LogP contribution >= 0.6 is 0 Å². The Morgan fingerprint density at radius 1 is 1.07 bits per heavy atom. The van der Waals surface area contributed by atoms with Crippen molar-refractivity contribution in [3.63, 3.8) is 0 Å². The molecule has 3 heterocycles. The molecule has 2 N–H and O–H groups in total. The SMILES string of the molecule is CN=C(NCCN1CCN(c2ncccn2)CC1)NCc1oc2ccccc2c1C. The molecule has 0 spiro atoms. The Morgan fingerprint density at radius 3 is 2.57 bits per heavy atom. The molecule has 8 heteroatoms. The fraction of sp³-hybridized carbons (Fsp3) is 0.409. The maximum atomic E-state index is 5.97. The number of rotatable bonds is 6. The van der Waals surface area contributed by atoms with E-state index in [1.165, 1.54) is 5.56 Å². The minimum absolute atomic E-state index is 0.607. The third-order valence-electron chi connectivity index (χ3n) is 5.51. The Bertz CT molecular complexity index is 978. The fourth-order valence-corrected chi connectivity index (χ4v) is 3.74. The Labute approximate surface area is 177 Å². The van der Waals surface area contributed by atoms with Gasteiger partial charge >= 0.3 is 0 Å². The van der Waals surface area contributed by atoms with Crippen molar-refractivity contribution in [2.45, 2.75) is 13.5 Å². The molecule has 0 atom stereocenters. The van der Waals surface area contributed by atoms with Crippen molar-refractivity contribution in [1.29, 1.82) is 0 Å². The van der Waals surface area contributed by atoms with Crippen molar-refractivity contribution in [3.05, 3.63) is 54.0 Å². The van der Waals surface area contributed by atoms with Crippen LogP contribution in [0.5, 0.6) is 0 Å². The highest BCUT2D eigenvalue weighted by atomic mass is 16.3. The van der Waals surface area contributed by atoms with Crippen LogP contribution in [-0.4, -0.2) is 67.1 Å². The van der Waals surface area contributed by atoms with Crippen LogP contribution in [0.2, 0.25) is 0 Å². The molecule has 0 amide bonds. The van der Waals surface area contributed by atoms with E-state index in [0.717, 1.165) is 67.9 Å². The summed E-state index contributed by atoms with van der Waals surface area (Å²) in [7, 11) is 1.79. The summed E-state index contributed by atoms with van der Waals surface area (Å²) in [6.07, 6.45) is 3.59. The number of benzene rings is 1. The van der Waals surface area contributed by atoms with Crippen LogP contribution in [-0.2, 0) is 6.54 Å². The normalized spacial score (nSPS) is 15.5. The van der Waals surface area contributed by atoms with Gasteiger partial charge < -0.3 is 20.0 Å². The zero-order chi connectivity index (χ0) is 20.8. The Balaban J connectivity index is 1.20. The Kier molecular flexibility index (Phi) is 6.44. The van der Waals surface area contributed by atoms with Gasteiger partial charge in [-0.3, -0.25) is 9.89 Å². The number of fused-ring (bicyclic) bond motifs is 1.